The number of rotatable bonds is 0. The van der Waals surface area contributed by atoms with Crippen molar-refractivity contribution in [1.29, 1.82) is 0 Å². The van der Waals surface area contributed by atoms with Crippen molar-refractivity contribution in [1.82, 2.24) is 14.8 Å². The Kier molecular flexibility index (Phi) is 1.70. The van der Waals surface area contributed by atoms with Crippen LogP contribution < -0.4 is 5.73 Å². The lowest BCUT2D eigenvalue weighted by molar-refractivity contribution is 0.493. The van der Waals surface area contributed by atoms with Gasteiger partial charge >= 0.3 is 0 Å². The van der Waals surface area contributed by atoms with E-state index in [0.29, 0.717) is 0 Å². The molecule has 1 atom stereocenters. The Hall–Kier alpha value is -0.900. The molecule has 0 aromatic carbocycles. The summed E-state index contributed by atoms with van der Waals surface area (Å²) in [5.74, 6) is 2.09. The minimum absolute atomic E-state index is 0.0648. The molecule has 72 valence electrons. The molecule has 4 heteroatoms. The van der Waals surface area contributed by atoms with Gasteiger partial charge in [-0.1, -0.05) is 20.8 Å². The third-order valence-electron chi connectivity index (χ3n) is 2.36. The molecule has 2 N–H and O–H groups in total. The number of nitrogens with two attached hydrogens (primary N) is 1. The van der Waals surface area contributed by atoms with Crippen LogP contribution in [-0.4, -0.2) is 20.8 Å². The van der Waals surface area contributed by atoms with Crippen molar-refractivity contribution in [3.63, 3.8) is 0 Å². The highest BCUT2D eigenvalue weighted by Gasteiger charge is 2.28. The van der Waals surface area contributed by atoms with Crippen LogP contribution in [0, 0.1) is 0 Å². The third kappa shape index (κ3) is 1.35. The van der Waals surface area contributed by atoms with E-state index in [2.05, 4.69) is 35.5 Å². The molecule has 2 rings (SSSR count). The predicted molar refractivity (Wildman–Crippen MR) is 50.4 cm³/mol. The smallest absolute Gasteiger partial charge is 0.138 e. The van der Waals surface area contributed by atoms with Crippen LogP contribution in [0.25, 0.3) is 0 Å². The van der Waals surface area contributed by atoms with Gasteiger partial charge in [0.15, 0.2) is 0 Å². The van der Waals surface area contributed by atoms with Crippen LogP contribution in [0.1, 0.15) is 32.4 Å². The average Bonchev–Trinajstić information content (AvgIpc) is 2.41. The van der Waals surface area contributed by atoms with Gasteiger partial charge < -0.3 is 10.3 Å². The maximum Gasteiger partial charge on any atom is 0.138 e. The maximum absolute atomic E-state index is 5.85. The second-order valence-electron chi connectivity index (χ2n) is 4.76. The highest BCUT2D eigenvalue weighted by Crippen LogP contribution is 2.24. The van der Waals surface area contributed by atoms with Gasteiger partial charge in [-0.05, 0) is 0 Å². The fraction of sp³-hybridized carbons (Fsp3) is 0.778. The van der Waals surface area contributed by atoms with Crippen LogP contribution in [0.5, 0.6) is 0 Å². The molecule has 0 fully saturated rings. The first-order valence-electron chi connectivity index (χ1n) is 4.66. The van der Waals surface area contributed by atoms with Gasteiger partial charge in [0.25, 0.3) is 0 Å². The van der Waals surface area contributed by atoms with E-state index in [1.54, 1.807) is 0 Å². The van der Waals surface area contributed by atoms with E-state index in [4.69, 9.17) is 5.73 Å². The van der Waals surface area contributed by atoms with E-state index in [-0.39, 0.29) is 11.5 Å². The third-order valence-corrected chi connectivity index (χ3v) is 2.36. The van der Waals surface area contributed by atoms with Crippen LogP contribution in [-0.2, 0) is 18.4 Å². The lowest BCUT2D eigenvalue weighted by Crippen LogP contribution is -2.24. The van der Waals surface area contributed by atoms with Crippen LogP contribution in [0.3, 0.4) is 0 Å². The zero-order chi connectivity index (χ0) is 9.64. The van der Waals surface area contributed by atoms with Crippen molar-refractivity contribution < 1.29 is 0 Å². The molecular formula is C9H16N4. The summed E-state index contributed by atoms with van der Waals surface area (Å²) in [6.45, 7) is 7.31. The van der Waals surface area contributed by atoms with E-state index < -0.39 is 0 Å². The standard InChI is InChI=1S/C9H16N4/c1-9(2,3)8-12-11-7-4-6(10)5-13(7)8/h6H,4-5,10H2,1-3H3. The average molecular weight is 180 g/mol. The topological polar surface area (TPSA) is 56.7 Å². The molecule has 1 unspecified atom stereocenters. The fourth-order valence-electron chi connectivity index (χ4n) is 1.77. The summed E-state index contributed by atoms with van der Waals surface area (Å²) >= 11 is 0. The zero-order valence-corrected chi connectivity index (χ0v) is 8.41. The minimum atomic E-state index is 0.0648. The van der Waals surface area contributed by atoms with Crippen LogP contribution >= 0.6 is 0 Å². The monoisotopic (exact) mass is 180 g/mol. The number of fused-ring (bicyclic) bond motifs is 1. The Balaban J connectivity index is 2.42. The summed E-state index contributed by atoms with van der Waals surface area (Å²) < 4.78 is 2.16. The number of nitrogens with zero attached hydrogens (tertiary/aromatic N) is 3. The predicted octanol–water partition coefficient (Wildman–Crippen LogP) is 0.459. The summed E-state index contributed by atoms with van der Waals surface area (Å²) in [5, 5.41) is 8.35. The number of hydrogen-bond donors (Lipinski definition) is 1. The molecule has 0 aliphatic carbocycles. The van der Waals surface area contributed by atoms with Gasteiger partial charge in [-0.2, -0.15) is 0 Å². The molecule has 1 aliphatic rings. The van der Waals surface area contributed by atoms with Crippen LogP contribution in [0.2, 0.25) is 0 Å². The lowest BCUT2D eigenvalue weighted by Gasteiger charge is -2.17. The molecule has 1 aliphatic heterocycles. The summed E-state index contributed by atoms with van der Waals surface area (Å²) in [6, 6.07) is 0.228. The van der Waals surface area contributed by atoms with Crippen LogP contribution in [0.15, 0.2) is 0 Å². The molecule has 1 aromatic rings. The van der Waals surface area contributed by atoms with Crippen molar-refractivity contribution in [2.45, 2.75) is 45.2 Å². The molecule has 4 nitrogen and oxygen atoms in total. The largest absolute Gasteiger partial charge is 0.326 e. The van der Waals surface area contributed by atoms with Gasteiger partial charge in [-0.15, -0.1) is 10.2 Å². The summed E-state index contributed by atoms with van der Waals surface area (Å²) in [5.41, 5.74) is 5.92. The fourth-order valence-corrected chi connectivity index (χ4v) is 1.77. The molecule has 13 heavy (non-hydrogen) atoms. The lowest BCUT2D eigenvalue weighted by atomic mass is 9.96. The molecule has 1 aromatic heterocycles. The van der Waals surface area contributed by atoms with Crippen molar-refractivity contribution in [2.75, 3.05) is 0 Å². The summed E-state index contributed by atoms with van der Waals surface area (Å²) in [6.07, 6.45) is 0.864. The SMILES string of the molecule is CC(C)(C)c1nnc2n1CC(N)C2. The molecular weight excluding hydrogens is 164 g/mol. The van der Waals surface area contributed by atoms with E-state index in [9.17, 15) is 0 Å². The Labute approximate surface area is 78.1 Å². The highest BCUT2D eigenvalue weighted by atomic mass is 15.3. The van der Waals surface area contributed by atoms with Crippen molar-refractivity contribution >= 4 is 0 Å². The number of aromatic nitrogens is 3. The van der Waals surface area contributed by atoms with E-state index in [1.165, 1.54) is 0 Å². The van der Waals surface area contributed by atoms with Gasteiger partial charge in [0, 0.05) is 24.4 Å². The summed E-state index contributed by atoms with van der Waals surface area (Å²) in [4.78, 5) is 0. The Morgan fingerprint density at radius 1 is 1.38 bits per heavy atom. The van der Waals surface area contributed by atoms with Crippen molar-refractivity contribution in [3.05, 3.63) is 11.6 Å². The van der Waals surface area contributed by atoms with E-state index in [1.807, 2.05) is 0 Å². The molecule has 0 amide bonds. The zero-order valence-electron chi connectivity index (χ0n) is 8.41. The minimum Gasteiger partial charge on any atom is -0.326 e. The van der Waals surface area contributed by atoms with Gasteiger partial charge in [-0.25, -0.2) is 0 Å². The van der Waals surface area contributed by atoms with Gasteiger partial charge in [0.05, 0.1) is 0 Å². The quantitative estimate of drug-likeness (QED) is 0.631. The highest BCUT2D eigenvalue weighted by molar-refractivity contribution is 5.10. The molecule has 0 spiro atoms. The first-order valence-corrected chi connectivity index (χ1v) is 4.66. The molecule has 0 saturated carbocycles. The molecule has 0 bridgehead atoms. The first-order chi connectivity index (χ1) is 5.98. The maximum atomic E-state index is 5.85. The summed E-state index contributed by atoms with van der Waals surface area (Å²) in [7, 11) is 0. The van der Waals surface area contributed by atoms with Crippen molar-refractivity contribution in [3.8, 4) is 0 Å². The Bertz CT molecular complexity index is 321. The number of hydrogen-bond acceptors (Lipinski definition) is 3. The normalized spacial score (nSPS) is 22.0. The molecule has 2 heterocycles. The van der Waals surface area contributed by atoms with Crippen LogP contribution in [0.4, 0.5) is 0 Å². The molecule has 0 saturated heterocycles. The van der Waals surface area contributed by atoms with E-state index in [0.717, 1.165) is 24.6 Å². The van der Waals surface area contributed by atoms with Crippen molar-refractivity contribution in [2.24, 2.45) is 5.73 Å². The Morgan fingerprint density at radius 3 is 2.69 bits per heavy atom. The van der Waals surface area contributed by atoms with Gasteiger partial charge in [0.1, 0.15) is 11.6 Å². The molecule has 0 radical (unpaired) electrons. The van der Waals surface area contributed by atoms with Gasteiger partial charge in [-0.3, -0.25) is 0 Å². The second-order valence-corrected chi connectivity index (χ2v) is 4.76. The van der Waals surface area contributed by atoms with Gasteiger partial charge in [0.2, 0.25) is 0 Å². The second kappa shape index (κ2) is 2.54. The first kappa shape index (κ1) is 8.69. The Morgan fingerprint density at radius 2 is 2.08 bits per heavy atom. The van der Waals surface area contributed by atoms with E-state index >= 15 is 0 Å².